The first-order valence-corrected chi connectivity index (χ1v) is 9.40. The average Bonchev–Trinajstić information content (AvgIpc) is 2.67. The molecule has 7 nitrogen and oxygen atoms in total. The lowest BCUT2D eigenvalue weighted by Gasteiger charge is -2.37. The van der Waals surface area contributed by atoms with E-state index in [9.17, 15) is 23.1 Å². The molecule has 158 valence electrons. The molecule has 0 radical (unpaired) electrons. The van der Waals surface area contributed by atoms with Crippen molar-refractivity contribution < 1.29 is 18.3 Å². The fraction of sp³-hybridized carbons (Fsp3) is 0.350. The summed E-state index contributed by atoms with van der Waals surface area (Å²) < 4.78 is 39.1. The molecule has 30 heavy (non-hydrogen) atoms. The molecule has 1 aliphatic rings. The molecule has 4 rings (SSSR count). The molecule has 1 aromatic carbocycles. The van der Waals surface area contributed by atoms with Crippen molar-refractivity contribution in [2.75, 3.05) is 23.3 Å². The number of halogens is 3. The highest BCUT2D eigenvalue weighted by atomic mass is 19.4. The Hall–Kier alpha value is -3.14. The van der Waals surface area contributed by atoms with Crippen molar-refractivity contribution in [1.82, 2.24) is 15.2 Å². The van der Waals surface area contributed by atoms with Gasteiger partial charge in [-0.2, -0.15) is 18.3 Å². The van der Waals surface area contributed by atoms with Gasteiger partial charge in [0.1, 0.15) is 5.69 Å². The topological polar surface area (TPSA) is 94.1 Å². The Kier molecular flexibility index (Phi) is 4.89. The molecule has 0 aliphatic carbocycles. The van der Waals surface area contributed by atoms with Gasteiger partial charge < -0.3 is 20.3 Å². The van der Waals surface area contributed by atoms with Crippen LogP contribution < -0.4 is 15.8 Å². The molecule has 0 bridgehead atoms. The van der Waals surface area contributed by atoms with Gasteiger partial charge in [0.15, 0.2) is 5.82 Å². The normalized spacial score (nSPS) is 15.9. The van der Waals surface area contributed by atoms with Crippen molar-refractivity contribution >= 4 is 22.4 Å². The van der Waals surface area contributed by atoms with Crippen LogP contribution in [0.5, 0.6) is 0 Å². The van der Waals surface area contributed by atoms with Gasteiger partial charge in [0.25, 0.3) is 5.56 Å². The second kappa shape index (κ2) is 7.28. The van der Waals surface area contributed by atoms with E-state index in [1.807, 2.05) is 0 Å². The van der Waals surface area contributed by atoms with E-state index < -0.39 is 23.9 Å². The zero-order valence-corrected chi connectivity index (χ0v) is 16.3. The number of nitrogens with one attached hydrogen (secondary N) is 2. The van der Waals surface area contributed by atoms with Gasteiger partial charge in [-0.25, -0.2) is 0 Å². The van der Waals surface area contributed by atoms with E-state index in [-0.39, 0.29) is 5.56 Å². The maximum atomic E-state index is 13.0. The van der Waals surface area contributed by atoms with Crippen molar-refractivity contribution in [2.24, 2.45) is 0 Å². The highest BCUT2D eigenvalue weighted by molar-refractivity contribution is 5.92. The minimum absolute atomic E-state index is 0.303. The predicted octanol–water partition coefficient (Wildman–Crippen LogP) is 3.00. The number of aromatic amines is 1. The summed E-state index contributed by atoms with van der Waals surface area (Å²) in [6, 6.07) is 6.26. The lowest BCUT2D eigenvalue weighted by atomic mass is 10.0. The number of nitrogens with zero attached hydrogens (tertiary/aromatic N) is 3. The van der Waals surface area contributed by atoms with Crippen LogP contribution in [0, 0.1) is 6.92 Å². The average molecular weight is 419 g/mol. The molecule has 0 amide bonds. The SMILES string of the molecule is Cc1nnc(N[C@H](C)c2cccc(C(F)(F)F)c2)c2cc(N3CC(O)C3)c(=O)[nH]c12. The van der Waals surface area contributed by atoms with Crippen molar-refractivity contribution in [3.8, 4) is 0 Å². The van der Waals surface area contributed by atoms with Crippen molar-refractivity contribution in [2.45, 2.75) is 32.2 Å². The van der Waals surface area contributed by atoms with Gasteiger partial charge >= 0.3 is 6.18 Å². The number of hydrogen-bond donors (Lipinski definition) is 3. The minimum atomic E-state index is -4.43. The van der Waals surface area contributed by atoms with Crippen LogP contribution in [0.1, 0.15) is 29.8 Å². The van der Waals surface area contributed by atoms with Crippen molar-refractivity contribution in [3.63, 3.8) is 0 Å². The number of H-pyrrole nitrogens is 1. The van der Waals surface area contributed by atoms with Crippen molar-refractivity contribution in [1.29, 1.82) is 0 Å². The van der Waals surface area contributed by atoms with E-state index in [1.54, 1.807) is 30.9 Å². The van der Waals surface area contributed by atoms with Gasteiger partial charge in [-0.15, -0.1) is 5.10 Å². The Morgan fingerprint density at radius 1 is 1.27 bits per heavy atom. The molecule has 0 spiro atoms. The molecule has 3 aromatic rings. The number of fused-ring (bicyclic) bond motifs is 1. The molecule has 1 saturated heterocycles. The highest BCUT2D eigenvalue weighted by Crippen LogP contribution is 2.32. The molecule has 0 saturated carbocycles. The summed E-state index contributed by atoms with van der Waals surface area (Å²) >= 11 is 0. The molecule has 3 heterocycles. The predicted molar refractivity (Wildman–Crippen MR) is 107 cm³/mol. The van der Waals surface area contributed by atoms with Gasteiger partial charge in [0.2, 0.25) is 0 Å². The third kappa shape index (κ3) is 3.70. The van der Waals surface area contributed by atoms with Crippen LogP contribution in [-0.4, -0.2) is 39.5 Å². The third-order valence-corrected chi connectivity index (χ3v) is 5.21. The number of benzene rings is 1. The first-order chi connectivity index (χ1) is 14.1. The van der Waals surface area contributed by atoms with E-state index in [0.717, 1.165) is 12.1 Å². The summed E-state index contributed by atoms with van der Waals surface area (Å²) in [5.41, 5.74) is 0.831. The van der Waals surface area contributed by atoms with Gasteiger partial charge in [0.05, 0.1) is 28.9 Å². The number of aromatic nitrogens is 3. The number of anilines is 2. The molecule has 2 aromatic heterocycles. The third-order valence-electron chi connectivity index (χ3n) is 5.21. The Morgan fingerprint density at radius 2 is 2.00 bits per heavy atom. The van der Waals surface area contributed by atoms with Gasteiger partial charge in [0, 0.05) is 18.5 Å². The smallest absolute Gasteiger partial charge is 0.389 e. The van der Waals surface area contributed by atoms with E-state index in [2.05, 4.69) is 20.5 Å². The van der Waals surface area contributed by atoms with Crippen LogP contribution >= 0.6 is 0 Å². The van der Waals surface area contributed by atoms with Crippen LogP contribution in [0.4, 0.5) is 24.7 Å². The quantitative estimate of drug-likeness (QED) is 0.602. The summed E-state index contributed by atoms with van der Waals surface area (Å²) in [4.78, 5) is 17.0. The summed E-state index contributed by atoms with van der Waals surface area (Å²) in [7, 11) is 0. The summed E-state index contributed by atoms with van der Waals surface area (Å²) in [5.74, 6) is 0.346. The monoisotopic (exact) mass is 419 g/mol. The Morgan fingerprint density at radius 3 is 2.67 bits per heavy atom. The van der Waals surface area contributed by atoms with E-state index in [1.165, 1.54) is 6.07 Å². The Labute approximate surface area is 169 Å². The fourth-order valence-electron chi connectivity index (χ4n) is 3.49. The first kappa shape index (κ1) is 20.1. The molecule has 1 atom stereocenters. The molecule has 10 heteroatoms. The lowest BCUT2D eigenvalue weighted by Crippen LogP contribution is -2.52. The second-order valence-electron chi connectivity index (χ2n) is 7.45. The van der Waals surface area contributed by atoms with Crippen LogP contribution in [0.2, 0.25) is 0 Å². The van der Waals surface area contributed by atoms with Crippen LogP contribution in [-0.2, 0) is 6.18 Å². The largest absolute Gasteiger partial charge is 0.416 e. The number of aliphatic hydroxyl groups is 1. The zero-order chi connectivity index (χ0) is 21.6. The molecule has 1 fully saturated rings. The standard InChI is InChI=1S/C20H20F3N5O2/c1-10(12-4-3-5-13(6-12)20(21,22)23)24-18-15-7-16(28-8-14(29)9-28)19(30)25-17(15)11(2)26-27-18/h3-7,10,14,29H,8-9H2,1-2H3,(H,24,27)(H,25,30)/t10-/m1/s1. The van der Waals surface area contributed by atoms with Gasteiger partial charge in [-0.05, 0) is 37.6 Å². The first-order valence-electron chi connectivity index (χ1n) is 9.40. The summed E-state index contributed by atoms with van der Waals surface area (Å²) in [5, 5.41) is 21.5. The minimum Gasteiger partial charge on any atom is -0.389 e. The molecular weight excluding hydrogens is 399 g/mol. The number of aliphatic hydroxyl groups excluding tert-OH is 1. The van der Waals surface area contributed by atoms with Gasteiger partial charge in [-0.1, -0.05) is 12.1 Å². The van der Waals surface area contributed by atoms with Crippen LogP contribution in [0.3, 0.4) is 0 Å². The van der Waals surface area contributed by atoms with E-state index in [0.29, 0.717) is 46.8 Å². The maximum absolute atomic E-state index is 13.0. The van der Waals surface area contributed by atoms with Crippen molar-refractivity contribution in [3.05, 3.63) is 57.5 Å². The Balaban J connectivity index is 1.71. The molecular formula is C20H20F3N5O2. The zero-order valence-electron chi connectivity index (χ0n) is 16.3. The number of rotatable bonds is 4. The van der Waals surface area contributed by atoms with Gasteiger partial charge in [-0.3, -0.25) is 4.79 Å². The number of alkyl halides is 3. The Bertz CT molecular complexity index is 1160. The molecule has 0 unspecified atom stereocenters. The van der Waals surface area contributed by atoms with E-state index >= 15 is 0 Å². The number of hydrogen-bond acceptors (Lipinski definition) is 6. The van der Waals surface area contributed by atoms with Crippen LogP contribution in [0.15, 0.2) is 35.1 Å². The number of β-amino-alcohol motifs (C(OH)–C–C–N with tert-alkyl or cyclic N) is 1. The lowest BCUT2D eigenvalue weighted by molar-refractivity contribution is -0.137. The summed E-state index contributed by atoms with van der Waals surface area (Å²) in [6.07, 6.45) is -4.90. The van der Waals surface area contributed by atoms with Crippen LogP contribution in [0.25, 0.3) is 10.9 Å². The second-order valence-corrected chi connectivity index (χ2v) is 7.45. The maximum Gasteiger partial charge on any atom is 0.416 e. The highest BCUT2D eigenvalue weighted by Gasteiger charge is 2.31. The number of pyridine rings is 1. The fourth-order valence-corrected chi connectivity index (χ4v) is 3.49. The van der Waals surface area contributed by atoms with E-state index in [4.69, 9.17) is 0 Å². The molecule has 1 aliphatic heterocycles. The molecule has 3 N–H and O–H groups in total. The summed E-state index contributed by atoms with van der Waals surface area (Å²) in [6.45, 7) is 4.14. The number of aryl methyl sites for hydroxylation is 1.